The topological polar surface area (TPSA) is 109 Å². The maximum absolute atomic E-state index is 12.3. The van der Waals surface area contributed by atoms with Gasteiger partial charge in [0, 0.05) is 26.9 Å². The van der Waals surface area contributed by atoms with Crippen molar-refractivity contribution in [2.45, 2.75) is 27.2 Å². The number of fused-ring (bicyclic) bond motifs is 4. The zero-order valence-corrected chi connectivity index (χ0v) is 19.5. The molecule has 0 amide bonds. The number of hydrogen-bond donors (Lipinski definition) is 2. The van der Waals surface area contributed by atoms with Crippen LogP contribution in [0.15, 0.2) is 68.1 Å². The average Bonchev–Trinajstić information content (AvgIpc) is 2.82. The number of nitrogens with zero attached hydrogens (tertiary/aromatic N) is 4. The van der Waals surface area contributed by atoms with Crippen molar-refractivity contribution in [3.05, 3.63) is 91.3 Å². The lowest BCUT2D eigenvalue weighted by Crippen LogP contribution is -2.40. The second-order valence-corrected chi connectivity index (χ2v) is 9.31. The van der Waals surface area contributed by atoms with Crippen LogP contribution in [0.2, 0.25) is 0 Å². The molecular formula is C28H20N4O4. The molecule has 2 aromatic heterocycles. The summed E-state index contributed by atoms with van der Waals surface area (Å²) in [6, 6.07) is 14.7. The molecule has 0 radical (unpaired) electrons. The predicted octanol–water partition coefficient (Wildman–Crippen LogP) is 2.96. The zero-order chi connectivity index (χ0) is 24.9. The lowest BCUT2D eigenvalue weighted by molar-refractivity contribution is 0.472. The minimum atomic E-state index is -0.0704. The van der Waals surface area contributed by atoms with E-state index in [9.17, 15) is 19.8 Å². The molecular weight excluding hydrogens is 456 g/mol. The van der Waals surface area contributed by atoms with Gasteiger partial charge in [-0.25, -0.2) is 9.98 Å². The molecule has 2 aliphatic heterocycles. The van der Waals surface area contributed by atoms with Gasteiger partial charge in [0.15, 0.2) is 0 Å². The summed E-state index contributed by atoms with van der Waals surface area (Å²) in [6.45, 7) is 4.55. The Bertz CT molecular complexity index is 2170. The fourth-order valence-corrected chi connectivity index (χ4v) is 5.43. The predicted molar refractivity (Wildman–Crippen MR) is 138 cm³/mol. The Morgan fingerprint density at radius 1 is 0.639 bits per heavy atom. The maximum Gasteiger partial charge on any atom is 0.261 e. The molecule has 0 fully saturated rings. The molecule has 8 rings (SSSR count). The van der Waals surface area contributed by atoms with E-state index in [1.807, 2.05) is 50.2 Å². The van der Waals surface area contributed by atoms with E-state index in [-0.39, 0.29) is 22.6 Å². The van der Waals surface area contributed by atoms with E-state index in [0.717, 1.165) is 48.9 Å². The van der Waals surface area contributed by atoms with Crippen LogP contribution in [0.4, 0.5) is 0 Å². The highest BCUT2D eigenvalue weighted by atomic mass is 16.3. The molecule has 0 atom stereocenters. The van der Waals surface area contributed by atoms with Gasteiger partial charge in [0.1, 0.15) is 35.8 Å². The van der Waals surface area contributed by atoms with Crippen LogP contribution < -0.4 is 22.1 Å². The molecule has 0 aliphatic carbocycles. The molecule has 8 heteroatoms. The largest absolute Gasteiger partial charge is 0.508 e. The normalized spacial score (nSPS) is 13.4. The number of benzene rings is 4. The molecule has 4 aromatic carbocycles. The highest BCUT2D eigenvalue weighted by Crippen LogP contribution is 2.33. The second kappa shape index (κ2) is 6.91. The molecule has 0 saturated heterocycles. The van der Waals surface area contributed by atoms with Gasteiger partial charge in [-0.05, 0) is 53.9 Å². The Labute approximate surface area is 202 Å². The number of phenolic OH excluding ortho intramolecular Hbond substituents is 2. The van der Waals surface area contributed by atoms with E-state index in [2.05, 4.69) is 9.98 Å². The summed E-state index contributed by atoms with van der Waals surface area (Å²) in [5.41, 5.74) is 2.97. The summed E-state index contributed by atoms with van der Waals surface area (Å²) < 4.78 is 3.29. The van der Waals surface area contributed by atoms with Crippen molar-refractivity contribution in [3.8, 4) is 11.5 Å². The molecule has 8 nitrogen and oxygen atoms in total. The number of hydrogen-bond acceptors (Lipinski definition) is 6. The zero-order valence-electron chi connectivity index (χ0n) is 19.5. The second-order valence-electron chi connectivity index (χ2n) is 9.31. The Hall–Kier alpha value is -4.72. The van der Waals surface area contributed by atoms with Gasteiger partial charge in [-0.1, -0.05) is 30.3 Å². The van der Waals surface area contributed by atoms with Crippen LogP contribution >= 0.6 is 0 Å². The lowest BCUT2D eigenvalue weighted by atomic mass is 9.97. The molecule has 36 heavy (non-hydrogen) atoms. The molecule has 4 heterocycles. The third-order valence-corrected chi connectivity index (χ3v) is 7.47. The van der Waals surface area contributed by atoms with Crippen LogP contribution in [0.1, 0.15) is 11.1 Å². The van der Waals surface area contributed by atoms with Crippen molar-refractivity contribution in [2.75, 3.05) is 0 Å². The molecule has 0 saturated carbocycles. The van der Waals surface area contributed by atoms with Crippen LogP contribution in [0.25, 0.3) is 43.1 Å². The standard InChI is InChI=1S/2C14H10N2O2/c1-7-8-3-2-4-9-12(8)10(5-11(7)17)13-15-6-16(13)14(9)18;1-7-8-3-2-4-9-12(8)10(5-11(7)17)14(18)16-6-15-13(9)16/h2*2-5,17H,6H2,1H3. The van der Waals surface area contributed by atoms with E-state index in [1.165, 1.54) is 0 Å². The summed E-state index contributed by atoms with van der Waals surface area (Å²) in [7, 11) is 0. The molecule has 2 aliphatic rings. The van der Waals surface area contributed by atoms with Gasteiger partial charge in [-0.15, -0.1) is 0 Å². The van der Waals surface area contributed by atoms with Crippen LogP contribution in [0.3, 0.4) is 0 Å². The number of rotatable bonds is 0. The summed E-state index contributed by atoms with van der Waals surface area (Å²) in [5.74, 6) is 0.419. The van der Waals surface area contributed by atoms with Crippen LogP contribution in [-0.2, 0) is 13.3 Å². The van der Waals surface area contributed by atoms with Gasteiger partial charge in [-0.2, -0.15) is 0 Å². The van der Waals surface area contributed by atoms with Crippen molar-refractivity contribution in [1.82, 2.24) is 9.13 Å². The third-order valence-electron chi connectivity index (χ3n) is 7.47. The highest BCUT2D eigenvalue weighted by molar-refractivity contribution is 6.12. The molecule has 0 spiro atoms. The van der Waals surface area contributed by atoms with Crippen molar-refractivity contribution >= 4 is 43.1 Å². The third kappa shape index (κ3) is 2.47. The fraction of sp³-hybridized carbons (Fsp3) is 0.143. The van der Waals surface area contributed by atoms with Crippen molar-refractivity contribution in [2.24, 2.45) is 9.98 Å². The SMILES string of the molecule is Cc1c(O)cc2c(=O)n3c(c4cccc1c24)=NC3.Cc1c(O)cc2c3n(c(=O)c4cccc1c42)CN=3. The van der Waals surface area contributed by atoms with E-state index in [4.69, 9.17) is 0 Å². The van der Waals surface area contributed by atoms with Gasteiger partial charge in [-0.3, -0.25) is 18.7 Å². The first kappa shape index (κ1) is 20.6. The monoisotopic (exact) mass is 476 g/mol. The summed E-state index contributed by atoms with van der Waals surface area (Å²) in [5, 5.41) is 26.7. The average molecular weight is 476 g/mol. The first-order chi connectivity index (χ1) is 17.4. The van der Waals surface area contributed by atoms with Crippen LogP contribution in [-0.4, -0.2) is 19.3 Å². The highest BCUT2D eigenvalue weighted by Gasteiger charge is 2.19. The Morgan fingerprint density at radius 3 is 1.64 bits per heavy atom. The Balaban J connectivity index is 0.000000122. The first-order valence-corrected chi connectivity index (χ1v) is 11.6. The maximum atomic E-state index is 12.3. The minimum Gasteiger partial charge on any atom is -0.508 e. The number of pyridine rings is 2. The molecule has 2 N–H and O–H groups in total. The van der Waals surface area contributed by atoms with Crippen molar-refractivity contribution in [3.63, 3.8) is 0 Å². The Kier molecular flexibility index (Phi) is 3.96. The molecule has 6 aromatic rings. The molecule has 0 unspecified atom stereocenters. The van der Waals surface area contributed by atoms with Crippen molar-refractivity contribution < 1.29 is 10.2 Å². The summed E-state index contributed by atoms with van der Waals surface area (Å²) in [6.07, 6.45) is 0. The number of aromatic hydroxyl groups is 2. The van der Waals surface area contributed by atoms with Gasteiger partial charge in [0.05, 0.1) is 5.39 Å². The fourth-order valence-electron chi connectivity index (χ4n) is 5.43. The molecule has 0 bridgehead atoms. The number of aromatic nitrogens is 2. The van der Waals surface area contributed by atoms with Crippen LogP contribution in [0, 0.1) is 13.8 Å². The van der Waals surface area contributed by atoms with E-state index < -0.39 is 0 Å². The minimum absolute atomic E-state index is 0.00295. The van der Waals surface area contributed by atoms with Gasteiger partial charge >= 0.3 is 0 Å². The van der Waals surface area contributed by atoms with Gasteiger partial charge < -0.3 is 10.2 Å². The first-order valence-electron chi connectivity index (χ1n) is 11.6. The molecule has 176 valence electrons. The lowest BCUT2D eigenvalue weighted by Gasteiger charge is -2.17. The van der Waals surface area contributed by atoms with Gasteiger partial charge in [0.2, 0.25) is 0 Å². The Morgan fingerprint density at radius 2 is 1.08 bits per heavy atom. The van der Waals surface area contributed by atoms with Crippen molar-refractivity contribution in [1.29, 1.82) is 0 Å². The van der Waals surface area contributed by atoms with Gasteiger partial charge in [0.25, 0.3) is 11.1 Å². The number of aryl methyl sites for hydroxylation is 2. The van der Waals surface area contributed by atoms with Crippen LogP contribution in [0.5, 0.6) is 11.5 Å². The quantitative estimate of drug-likeness (QED) is 0.351. The smallest absolute Gasteiger partial charge is 0.261 e. The van der Waals surface area contributed by atoms with E-state index in [0.29, 0.717) is 29.6 Å². The summed E-state index contributed by atoms with van der Waals surface area (Å²) >= 11 is 0. The number of phenols is 2. The van der Waals surface area contributed by atoms with E-state index >= 15 is 0 Å². The summed E-state index contributed by atoms with van der Waals surface area (Å²) in [4.78, 5) is 33.0. The van der Waals surface area contributed by atoms with E-state index in [1.54, 1.807) is 21.3 Å².